The Labute approximate surface area is 118 Å². The number of rotatable bonds is 7. The second-order valence-corrected chi connectivity index (χ2v) is 6.41. The van der Waals surface area contributed by atoms with Crippen LogP contribution < -0.4 is 5.32 Å². The lowest BCUT2D eigenvalue weighted by molar-refractivity contribution is 0.0901. The van der Waals surface area contributed by atoms with E-state index in [0.717, 1.165) is 26.2 Å². The van der Waals surface area contributed by atoms with Gasteiger partial charge in [-0.1, -0.05) is 57.5 Å². The van der Waals surface area contributed by atoms with Gasteiger partial charge in [-0.25, -0.2) is 0 Å². The first-order chi connectivity index (χ1) is 8.92. The van der Waals surface area contributed by atoms with Crippen LogP contribution in [0.4, 0.5) is 0 Å². The van der Waals surface area contributed by atoms with Crippen molar-refractivity contribution in [2.75, 3.05) is 19.8 Å². The minimum Gasteiger partial charge on any atom is -0.379 e. The van der Waals surface area contributed by atoms with Crippen molar-refractivity contribution in [3.63, 3.8) is 0 Å². The summed E-state index contributed by atoms with van der Waals surface area (Å²) in [5.41, 5.74) is 2.95. The van der Waals surface area contributed by atoms with Crippen LogP contribution in [-0.4, -0.2) is 19.8 Å². The van der Waals surface area contributed by atoms with Crippen LogP contribution in [0.5, 0.6) is 0 Å². The van der Waals surface area contributed by atoms with Crippen molar-refractivity contribution in [3.05, 3.63) is 35.4 Å². The molecule has 1 atom stereocenters. The summed E-state index contributed by atoms with van der Waals surface area (Å²) in [6, 6.07) is 9.00. The van der Waals surface area contributed by atoms with Crippen molar-refractivity contribution in [3.8, 4) is 0 Å². The normalized spacial score (nSPS) is 13.5. The van der Waals surface area contributed by atoms with Gasteiger partial charge in [-0.2, -0.15) is 0 Å². The standard InChI is InChI=1S/C17H29NO/c1-6-18-16(13-19-12-11-17(3,4)5)15-9-7-14(2)8-10-15/h7-10,16,18H,6,11-13H2,1-5H3. The van der Waals surface area contributed by atoms with E-state index in [1.54, 1.807) is 0 Å². The highest BCUT2D eigenvalue weighted by Crippen LogP contribution is 2.19. The van der Waals surface area contributed by atoms with Crippen LogP contribution in [0, 0.1) is 12.3 Å². The maximum Gasteiger partial charge on any atom is 0.0661 e. The molecule has 1 aromatic rings. The molecule has 0 amide bonds. The average molecular weight is 263 g/mol. The second-order valence-electron chi connectivity index (χ2n) is 6.41. The molecule has 1 N–H and O–H groups in total. The maximum absolute atomic E-state index is 5.85. The molecule has 0 aliphatic carbocycles. The van der Waals surface area contributed by atoms with Crippen molar-refractivity contribution in [1.29, 1.82) is 0 Å². The van der Waals surface area contributed by atoms with Gasteiger partial charge in [0, 0.05) is 6.61 Å². The second kappa shape index (κ2) is 7.66. The van der Waals surface area contributed by atoms with E-state index in [1.807, 2.05) is 0 Å². The first kappa shape index (κ1) is 16.2. The molecule has 0 spiro atoms. The topological polar surface area (TPSA) is 21.3 Å². The summed E-state index contributed by atoms with van der Waals surface area (Å²) in [7, 11) is 0. The van der Waals surface area contributed by atoms with E-state index >= 15 is 0 Å². The largest absolute Gasteiger partial charge is 0.379 e. The van der Waals surface area contributed by atoms with Crippen LogP contribution >= 0.6 is 0 Å². The lowest BCUT2D eigenvalue weighted by atomic mass is 9.93. The third-order valence-corrected chi connectivity index (χ3v) is 3.21. The Kier molecular flexibility index (Phi) is 6.53. The van der Waals surface area contributed by atoms with Crippen LogP contribution in [0.1, 0.15) is 51.3 Å². The van der Waals surface area contributed by atoms with Gasteiger partial charge in [0.25, 0.3) is 0 Å². The number of benzene rings is 1. The molecule has 0 aliphatic rings. The van der Waals surface area contributed by atoms with Gasteiger partial charge >= 0.3 is 0 Å². The van der Waals surface area contributed by atoms with Gasteiger partial charge in [-0.3, -0.25) is 0 Å². The average Bonchev–Trinajstić information content (AvgIpc) is 2.33. The molecule has 0 saturated carbocycles. The van der Waals surface area contributed by atoms with Gasteiger partial charge in [0.15, 0.2) is 0 Å². The molecule has 0 aromatic heterocycles. The SMILES string of the molecule is CCNC(COCCC(C)(C)C)c1ccc(C)cc1. The first-order valence-corrected chi connectivity index (χ1v) is 7.30. The molecular formula is C17H29NO. The fourth-order valence-corrected chi connectivity index (χ4v) is 1.90. The molecule has 0 aliphatic heterocycles. The Bertz CT molecular complexity index is 351. The van der Waals surface area contributed by atoms with Crippen LogP contribution in [0.25, 0.3) is 0 Å². The van der Waals surface area contributed by atoms with E-state index < -0.39 is 0 Å². The minimum atomic E-state index is 0.297. The van der Waals surface area contributed by atoms with Gasteiger partial charge in [0.1, 0.15) is 0 Å². The number of hydrogen-bond donors (Lipinski definition) is 1. The zero-order chi connectivity index (χ0) is 14.3. The predicted molar refractivity (Wildman–Crippen MR) is 82.5 cm³/mol. The van der Waals surface area contributed by atoms with Crippen LogP contribution in [0.15, 0.2) is 24.3 Å². The maximum atomic E-state index is 5.85. The molecule has 0 saturated heterocycles. The van der Waals surface area contributed by atoms with E-state index in [2.05, 4.69) is 64.2 Å². The quantitative estimate of drug-likeness (QED) is 0.748. The molecule has 1 unspecified atom stereocenters. The highest BCUT2D eigenvalue weighted by atomic mass is 16.5. The zero-order valence-electron chi connectivity index (χ0n) is 13.1. The molecular weight excluding hydrogens is 234 g/mol. The van der Waals surface area contributed by atoms with Gasteiger partial charge in [0.05, 0.1) is 12.6 Å². The molecule has 0 radical (unpaired) electrons. The number of ether oxygens (including phenoxy) is 1. The number of nitrogens with one attached hydrogen (secondary N) is 1. The van der Waals surface area contributed by atoms with Crippen LogP contribution in [-0.2, 0) is 4.74 Å². The van der Waals surface area contributed by atoms with Crippen molar-refractivity contribution < 1.29 is 4.74 Å². The summed E-state index contributed by atoms with van der Waals surface area (Å²) < 4.78 is 5.85. The third kappa shape index (κ3) is 6.74. The van der Waals surface area contributed by atoms with Crippen molar-refractivity contribution in [1.82, 2.24) is 5.32 Å². The van der Waals surface area contributed by atoms with E-state index in [0.29, 0.717) is 11.5 Å². The molecule has 108 valence electrons. The Morgan fingerprint density at radius 3 is 2.32 bits per heavy atom. The molecule has 0 fully saturated rings. The minimum absolute atomic E-state index is 0.297. The molecule has 1 aromatic carbocycles. The molecule has 0 heterocycles. The Balaban J connectivity index is 2.47. The van der Waals surface area contributed by atoms with Crippen LogP contribution in [0.2, 0.25) is 0 Å². The number of hydrogen-bond acceptors (Lipinski definition) is 2. The van der Waals surface area contributed by atoms with E-state index in [-0.39, 0.29) is 0 Å². The molecule has 2 nitrogen and oxygen atoms in total. The van der Waals surface area contributed by atoms with Gasteiger partial charge in [0.2, 0.25) is 0 Å². The van der Waals surface area contributed by atoms with E-state index in [1.165, 1.54) is 11.1 Å². The van der Waals surface area contributed by atoms with E-state index in [9.17, 15) is 0 Å². The fourth-order valence-electron chi connectivity index (χ4n) is 1.90. The Hall–Kier alpha value is -0.860. The summed E-state index contributed by atoms with van der Waals surface area (Å²) in [4.78, 5) is 0. The Morgan fingerprint density at radius 2 is 1.79 bits per heavy atom. The molecule has 2 heteroatoms. The van der Waals surface area contributed by atoms with Gasteiger partial charge < -0.3 is 10.1 Å². The Morgan fingerprint density at radius 1 is 1.16 bits per heavy atom. The first-order valence-electron chi connectivity index (χ1n) is 7.30. The fraction of sp³-hybridized carbons (Fsp3) is 0.647. The van der Waals surface area contributed by atoms with E-state index in [4.69, 9.17) is 4.74 Å². The summed E-state index contributed by atoms with van der Waals surface area (Å²) in [5, 5.41) is 3.49. The number of likely N-dealkylation sites (N-methyl/N-ethyl adjacent to an activating group) is 1. The summed E-state index contributed by atoms with van der Waals surface area (Å²) >= 11 is 0. The zero-order valence-corrected chi connectivity index (χ0v) is 13.1. The summed E-state index contributed by atoms with van der Waals surface area (Å²) in [5.74, 6) is 0. The third-order valence-electron chi connectivity index (χ3n) is 3.21. The lowest BCUT2D eigenvalue weighted by Crippen LogP contribution is -2.26. The van der Waals surface area contributed by atoms with Gasteiger partial charge in [-0.15, -0.1) is 0 Å². The van der Waals surface area contributed by atoms with Gasteiger partial charge in [-0.05, 0) is 30.9 Å². The van der Waals surface area contributed by atoms with Crippen molar-refractivity contribution >= 4 is 0 Å². The molecule has 0 bridgehead atoms. The van der Waals surface area contributed by atoms with Crippen LogP contribution in [0.3, 0.4) is 0 Å². The summed E-state index contributed by atoms with van der Waals surface area (Å²) in [6.07, 6.45) is 1.10. The monoisotopic (exact) mass is 263 g/mol. The summed E-state index contributed by atoms with van der Waals surface area (Å²) in [6.45, 7) is 13.5. The predicted octanol–water partition coefficient (Wildman–Crippen LogP) is 4.10. The molecule has 1 rings (SSSR count). The van der Waals surface area contributed by atoms with Crippen molar-refractivity contribution in [2.45, 2.75) is 47.1 Å². The highest BCUT2D eigenvalue weighted by molar-refractivity contribution is 5.24. The lowest BCUT2D eigenvalue weighted by Gasteiger charge is -2.21. The highest BCUT2D eigenvalue weighted by Gasteiger charge is 2.12. The van der Waals surface area contributed by atoms with Crippen molar-refractivity contribution in [2.24, 2.45) is 5.41 Å². The smallest absolute Gasteiger partial charge is 0.0661 e. The molecule has 19 heavy (non-hydrogen) atoms. The number of aryl methyl sites for hydroxylation is 1.